The molecule has 1 aromatic carbocycles. The Morgan fingerprint density at radius 2 is 2.15 bits per heavy atom. The number of aromatic nitrogens is 3. The number of hydrogen-bond acceptors (Lipinski definition) is 4. The van der Waals surface area contributed by atoms with Crippen LogP contribution in [-0.2, 0) is 0 Å². The van der Waals surface area contributed by atoms with Crippen LogP contribution in [0.3, 0.4) is 0 Å². The van der Waals surface area contributed by atoms with E-state index in [1.54, 1.807) is 22.9 Å². The summed E-state index contributed by atoms with van der Waals surface area (Å²) in [5.74, 6) is -0.0500. The van der Waals surface area contributed by atoms with Gasteiger partial charge in [0.25, 0.3) is 0 Å². The molecule has 0 radical (unpaired) electrons. The van der Waals surface area contributed by atoms with Gasteiger partial charge in [-0.25, -0.2) is 14.4 Å². The lowest BCUT2D eigenvalue weighted by atomic mass is 10.3. The number of methoxy groups -OCH3 is 1. The molecule has 2 aromatic heterocycles. The topological polar surface area (TPSA) is 66.0 Å². The Kier molecular flexibility index (Phi) is 3.06. The van der Waals surface area contributed by atoms with Crippen molar-refractivity contribution in [3.63, 3.8) is 0 Å². The number of ether oxygens (including phenoxy) is 1. The van der Waals surface area contributed by atoms with Gasteiger partial charge in [-0.15, -0.1) is 0 Å². The molecule has 3 rings (SSSR count). The number of fused-ring (bicyclic) bond motifs is 1. The molecule has 0 aliphatic heterocycles. The van der Waals surface area contributed by atoms with E-state index in [9.17, 15) is 4.39 Å². The number of nitrogens with two attached hydrogens (primary N) is 1. The highest BCUT2D eigenvalue weighted by molar-refractivity contribution is 9.10. The van der Waals surface area contributed by atoms with Crippen LogP contribution in [0.15, 0.2) is 34.9 Å². The number of nitrogens with zero attached hydrogens (tertiary/aromatic N) is 3. The van der Waals surface area contributed by atoms with Gasteiger partial charge in [0.05, 0.1) is 12.8 Å². The molecule has 2 N–H and O–H groups in total. The van der Waals surface area contributed by atoms with E-state index in [1.165, 1.54) is 19.2 Å². The second-order valence-corrected chi connectivity index (χ2v) is 5.04. The molecule has 0 spiro atoms. The minimum atomic E-state index is -0.469. The van der Waals surface area contributed by atoms with Crippen molar-refractivity contribution in [2.45, 2.75) is 0 Å². The molecule has 0 fully saturated rings. The van der Waals surface area contributed by atoms with Gasteiger partial charge in [-0.05, 0) is 34.1 Å². The molecule has 2 heterocycles. The molecule has 7 heteroatoms. The van der Waals surface area contributed by atoms with E-state index in [2.05, 4.69) is 25.9 Å². The number of rotatable bonds is 2. The summed E-state index contributed by atoms with van der Waals surface area (Å²) in [4.78, 5) is 8.49. The van der Waals surface area contributed by atoms with E-state index in [0.717, 1.165) is 4.47 Å². The maximum atomic E-state index is 13.8. The Morgan fingerprint density at radius 1 is 1.35 bits per heavy atom. The van der Waals surface area contributed by atoms with Gasteiger partial charge in [0.1, 0.15) is 5.52 Å². The van der Waals surface area contributed by atoms with Crippen molar-refractivity contribution in [3.05, 3.63) is 40.8 Å². The van der Waals surface area contributed by atoms with Crippen LogP contribution in [-0.4, -0.2) is 21.6 Å². The summed E-state index contributed by atoms with van der Waals surface area (Å²) in [7, 11) is 1.41. The highest BCUT2D eigenvalue weighted by atomic mass is 79.9. The third-order valence-electron chi connectivity index (χ3n) is 2.88. The SMILES string of the molecule is COc1ccc(-n2c(N)nc3cc(Br)cnc32)cc1F. The summed E-state index contributed by atoms with van der Waals surface area (Å²) >= 11 is 3.32. The van der Waals surface area contributed by atoms with Crippen LogP contribution in [0.5, 0.6) is 5.75 Å². The average Bonchev–Trinajstić information content (AvgIpc) is 2.73. The van der Waals surface area contributed by atoms with Gasteiger partial charge in [-0.3, -0.25) is 4.57 Å². The zero-order chi connectivity index (χ0) is 14.3. The zero-order valence-electron chi connectivity index (χ0n) is 10.5. The molecule has 102 valence electrons. The molecule has 20 heavy (non-hydrogen) atoms. The van der Waals surface area contributed by atoms with Crippen LogP contribution in [0.25, 0.3) is 16.9 Å². The predicted octanol–water partition coefficient (Wildman–Crippen LogP) is 2.91. The molecule has 0 aliphatic rings. The standard InChI is InChI=1S/C13H10BrFN4O/c1-20-11-3-2-8(5-9(11)15)19-12-10(18-13(19)16)4-7(14)6-17-12/h2-6H,1H3,(H2,16,18). The van der Waals surface area contributed by atoms with Gasteiger partial charge < -0.3 is 10.5 Å². The van der Waals surface area contributed by atoms with E-state index in [4.69, 9.17) is 10.5 Å². The van der Waals surface area contributed by atoms with Crippen LogP contribution >= 0.6 is 15.9 Å². The Labute approximate surface area is 122 Å². The molecule has 0 bridgehead atoms. The quantitative estimate of drug-likeness (QED) is 0.781. The van der Waals surface area contributed by atoms with Crippen molar-refractivity contribution in [3.8, 4) is 11.4 Å². The van der Waals surface area contributed by atoms with E-state index in [-0.39, 0.29) is 11.7 Å². The lowest BCUT2D eigenvalue weighted by molar-refractivity contribution is 0.386. The zero-order valence-corrected chi connectivity index (χ0v) is 12.1. The maximum Gasteiger partial charge on any atom is 0.207 e. The first-order valence-electron chi connectivity index (χ1n) is 5.73. The second-order valence-electron chi connectivity index (χ2n) is 4.12. The van der Waals surface area contributed by atoms with Gasteiger partial charge in [-0.1, -0.05) is 0 Å². The van der Waals surface area contributed by atoms with Gasteiger partial charge in [0.2, 0.25) is 5.95 Å². The van der Waals surface area contributed by atoms with E-state index in [1.807, 2.05) is 0 Å². The predicted molar refractivity (Wildman–Crippen MR) is 77.5 cm³/mol. The fraction of sp³-hybridized carbons (Fsp3) is 0.0769. The number of halogens is 2. The first kappa shape index (κ1) is 12.9. The Bertz CT molecular complexity index is 802. The summed E-state index contributed by atoms with van der Waals surface area (Å²) in [5, 5.41) is 0. The number of benzene rings is 1. The van der Waals surface area contributed by atoms with Crippen LogP contribution in [0, 0.1) is 5.82 Å². The second kappa shape index (κ2) is 4.75. The highest BCUT2D eigenvalue weighted by Crippen LogP contribution is 2.26. The first-order valence-corrected chi connectivity index (χ1v) is 6.53. The summed E-state index contributed by atoms with van der Waals surface area (Å²) in [5.41, 5.74) is 7.64. The van der Waals surface area contributed by atoms with E-state index >= 15 is 0 Å². The van der Waals surface area contributed by atoms with Crippen molar-refractivity contribution in [2.75, 3.05) is 12.8 Å². The molecule has 0 atom stereocenters. The van der Waals surface area contributed by atoms with E-state index in [0.29, 0.717) is 16.9 Å². The fourth-order valence-electron chi connectivity index (χ4n) is 2.01. The van der Waals surface area contributed by atoms with Crippen molar-refractivity contribution < 1.29 is 9.13 Å². The molecule has 0 saturated heterocycles. The minimum Gasteiger partial charge on any atom is -0.494 e. The van der Waals surface area contributed by atoms with Gasteiger partial charge in [0.15, 0.2) is 17.2 Å². The summed E-state index contributed by atoms with van der Waals surface area (Å²) in [6.45, 7) is 0. The molecule has 3 aromatic rings. The smallest absolute Gasteiger partial charge is 0.207 e. The van der Waals surface area contributed by atoms with Crippen molar-refractivity contribution >= 4 is 33.0 Å². The number of anilines is 1. The molecule has 0 saturated carbocycles. The lowest BCUT2D eigenvalue weighted by Crippen LogP contribution is -2.02. The number of pyridine rings is 1. The largest absolute Gasteiger partial charge is 0.494 e. The summed E-state index contributed by atoms with van der Waals surface area (Å²) in [6, 6.07) is 6.37. The third-order valence-corrected chi connectivity index (χ3v) is 3.32. The fourth-order valence-corrected chi connectivity index (χ4v) is 2.33. The molecule has 5 nitrogen and oxygen atoms in total. The Hall–Kier alpha value is -2.15. The van der Waals surface area contributed by atoms with Crippen molar-refractivity contribution in [1.82, 2.24) is 14.5 Å². The summed E-state index contributed by atoms with van der Waals surface area (Å²) < 4.78 is 21.1. The van der Waals surface area contributed by atoms with Crippen LogP contribution in [0.1, 0.15) is 0 Å². The normalized spacial score (nSPS) is 10.9. The van der Waals surface area contributed by atoms with Crippen LogP contribution in [0.2, 0.25) is 0 Å². The summed E-state index contributed by atoms with van der Waals surface area (Å²) in [6.07, 6.45) is 1.64. The van der Waals surface area contributed by atoms with Crippen LogP contribution < -0.4 is 10.5 Å². The van der Waals surface area contributed by atoms with Gasteiger partial charge in [0, 0.05) is 16.7 Å². The number of imidazole rings is 1. The first-order chi connectivity index (χ1) is 9.60. The monoisotopic (exact) mass is 336 g/mol. The number of hydrogen-bond donors (Lipinski definition) is 1. The third kappa shape index (κ3) is 2.00. The molecular formula is C13H10BrFN4O. The molecular weight excluding hydrogens is 327 g/mol. The number of nitrogen functional groups attached to an aromatic ring is 1. The maximum absolute atomic E-state index is 13.8. The molecule has 0 aliphatic carbocycles. The average molecular weight is 337 g/mol. The molecule has 0 unspecified atom stereocenters. The van der Waals surface area contributed by atoms with E-state index < -0.39 is 5.82 Å². The Balaban J connectivity index is 2.23. The van der Waals surface area contributed by atoms with Crippen molar-refractivity contribution in [2.24, 2.45) is 0 Å². The minimum absolute atomic E-state index is 0.174. The Morgan fingerprint density at radius 3 is 2.85 bits per heavy atom. The lowest BCUT2D eigenvalue weighted by Gasteiger charge is -2.08. The molecule has 0 amide bonds. The van der Waals surface area contributed by atoms with Crippen LogP contribution in [0.4, 0.5) is 10.3 Å². The van der Waals surface area contributed by atoms with Crippen molar-refractivity contribution in [1.29, 1.82) is 0 Å². The van der Waals surface area contributed by atoms with Gasteiger partial charge >= 0.3 is 0 Å². The van der Waals surface area contributed by atoms with Gasteiger partial charge in [-0.2, -0.15) is 0 Å². The highest BCUT2D eigenvalue weighted by Gasteiger charge is 2.13.